The number of halogens is 5. The Morgan fingerprint density at radius 3 is 2.24 bits per heavy atom. The fraction of sp³-hybridized carbons (Fsp3) is 0.300. The van der Waals surface area contributed by atoms with Gasteiger partial charge in [-0.15, -0.1) is 0 Å². The second kappa shape index (κ2) is 4.97. The van der Waals surface area contributed by atoms with Crippen LogP contribution in [0, 0.1) is 0 Å². The van der Waals surface area contributed by atoms with Gasteiger partial charge in [-0.3, -0.25) is 0 Å². The molecular formula is C10H7Br2F3O2. The summed E-state index contributed by atoms with van der Waals surface area (Å²) in [5, 5.41) is 0. The van der Waals surface area contributed by atoms with Crippen molar-refractivity contribution < 1.29 is 22.7 Å². The number of aldehydes is 1. The summed E-state index contributed by atoms with van der Waals surface area (Å²) in [6.07, 6.45) is -4.23. The molecule has 17 heavy (non-hydrogen) atoms. The van der Waals surface area contributed by atoms with Crippen molar-refractivity contribution in [3.05, 3.63) is 29.3 Å². The first-order valence-electron chi connectivity index (χ1n) is 4.32. The van der Waals surface area contributed by atoms with Crippen LogP contribution in [0.25, 0.3) is 0 Å². The first kappa shape index (κ1) is 14.5. The molecule has 94 valence electrons. The first-order chi connectivity index (χ1) is 7.72. The Morgan fingerprint density at radius 1 is 1.24 bits per heavy atom. The Labute approximate surface area is 112 Å². The van der Waals surface area contributed by atoms with Gasteiger partial charge in [0.2, 0.25) is 0 Å². The van der Waals surface area contributed by atoms with Gasteiger partial charge < -0.3 is 9.53 Å². The molecule has 1 aromatic carbocycles. The average molecular weight is 376 g/mol. The number of hydrogen-bond donors (Lipinski definition) is 0. The Balaban J connectivity index is 3.46. The quantitative estimate of drug-likeness (QED) is 0.592. The van der Waals surface area contributed by atoms with Gasteiger partial charge in [-0.1, -0.05) is 37.9 Å². The zero-order chi connectivity index (χ0) is 13.3. The molecule has 1 rings (SSSR count). The molecule has 2 nitrogen and oxygen atoms in total. The topological polar surface area (TPSA) is 26.3 Å². The Morgan fingerprint density at radius 2 is 1.82 bits per heavy atom. The molecule has 0 aliphatic heterocycles. The summed E-state index contributed by atoms with van der Waals surface area (Å²) >= 11 is 5.77. The standard InChI is InChI=1S/C10H7Br2F3O2/c1-17-6-2-3-7(9(11,12)5-16)8(4-6)10(13,14)15/h2-5H,1H3. The van der Waals surface area contributed by atoms with Gasteiger partial charge in [-0.25, -0.2) is 0 Å². The lowest BCUT2D eigenvalue weighted by atomic mass is 10.0. The Hall–Kier alpha value is -0.560. The van der Waals surface area contributed by atoms with Crippen molar-refractivity contribution in [1.29, 1.82) is 0 Å². The number of carbonyl (C=O) groups excluding carboxylic acids is 1. The molecule has 7 heteroatoms. The third kappa shape index (κ3) is 3.22. The van der Waals surface area contributed by atoms with Crippen molar-refractivity contribution in [2.24, 2.45) is 0 Å². The van der Waals surface area contributed by atoms with E-state index in [1.165, 1.54) is 19.2 Å². The smallest absolute Gasteiger partial charge is 0.416 e. The van der Waals surface area contributed by atoms with E-state index < -0.39 is 15.0 Å². The molecule has 0 saturated carbocycles. The van der Waals surface area contributed by atoms with Gasteiger partial charge >= 0.3 is 6.18 Å². The summed E-state index contributed by atoms with van der Waals surface area (Å²) < 4.78 is 41.6. The largest absolute Gasteiger partial charge is 0.497 e. The van der Waals surface area contributed by atoms with E-state index in [2.05, 4.69) is 31.9 Å². The Kier molecular flexibility index (Phi) is 4.24. The number of alkyl halides is 5. The summed E-state index contributed by atoms with van der Waals surface area (Å²) in [7, 11) is 1.27. The molecule has 0 aliphatic rings. The summed E-state index contributed by atoms with van der Waals surface area (Å²) in [5.74, 6) is 0.0720. The van der Waals surface area contributed by atoms with Crippen molar-refractivity contribution in [2.75, 3.05) is 7.11 Å². The van der Waals surface area contributed by atoms with E-state index in [-0.39, 0.29) is 11.3 Å². The fourth-order valence-electron chi connectivity index (χ4n) is 1.24. The van der Waals surface area contributed by atoms with Gasteiger partial charge in [0.25, 0.3) is 0 Å². The van der Waals surface area contributed by atoms with Gasteiger partial charge in [-0.05, 0) is 17.7 Å². The predicted molar refractivity (Wildman–Crippen MR) is 63.6 cm³/mol. The van der Waals surface area contributed by atoms with E-state index in [0.29, 0.717) is 6.29 Å². The van der Waals surface area contributed by atoms with Crippen LogP contribution in [-0.4, -0.2) is 13.4 Å². The molecule has 0 amide bonds. The van der Waals surface area contributed by atoms with Crippen LogP contribution in [0.3, 0.4) is 0 Å². The van der Waals surface area contributed by atoms with Gasteiger partial charge in [0.15, 0.2) is 9.52 Å². The third-order valence-electron chi connectivity index (χ3n) is 2.04. The molecular weight excluding hydrogens is 369 g/mol. The highest BCUT2D eigenvalue weighted by molar-refractivity contribution is 9.25. The molecule has 0 bridgehead atoms. The van der Waals surface area contributed by atoms with Crippen molar-refractivity contribution in [2.45, 2.75) is 9.41 Å². The lowest BCUT2D eigenvalue weighted by molar-refractivity contribution is -0.138. The highest BCUT2D eigenvalue weighted by atomic mass is 79.9. The van der Waals surface area contributed by atoms with Crippen LogP contribution < -0.4 is 4.74 Å². The minimum atomic E-state index is -4.57. The zero-order valence-corrected chi connectivity index (χ0v) is 11.7. The van der Waals surface area contributed by atoms with Crippen LogP contribution >= 0.6 is 31.9 Å². The van der Waals surface area contributed by atoms with E-state index in [1.54, 1.807) is 0 Å². The maximum absolute atomic E-state index is 12.8. The van der Waals surface area contributed by atoms with Gasteiger partial charge in [0.1, 0.15) is 5.75 Å². The van der Waals surface area contributed by atoms with Crippen molar-refractivity contribution in [3.63, 3.8) is 0 Å². The van der Waals surface area contributed by atoms with E-state index in [0.717, 1.165) is 6.07 Å². The van der Waals surface area contributed by atoms with Crippen LogP contribution in [0.5, 0.6) is 5.75 Å². The van der Waals surface area contributed by atoms with Gasteiger partial charge in [-0.2, -0.15) is 13.2 Å². The molecule has 0 heterocycles. The summed E-state index contributed by atoms with van der Waals surface area (Å²) in [4.78, 5) is 10.8. The second-order valence-electron chi connectivity index (χ2n) is 3.15. The molecule has 0 atom stereocenters. The van der Waals surface area contributed by atoms with Crippen LogP contribution in [0.15, 0.2) is 18.2 Å². The SMILES string of the molecule is COc1ccc(C(Br)(Br)C=O)c(C(F)(F)F)c1. The number of methoxy groups -OCH3 is 1. The average Bonchev–Trinajstić information content (AvgIpc) is 2.27. The molecule has 1 aromatic rings. The predicted octanol–water partition coefficient (Wildman–Crippen LogP) is 3.86. The van der Waals surface area contributed by atoms with E-state index in [1.807, 2.05) is 0 Å². The number of benzene rings is 1. The molecule has 0 aromatic heterocycles. The molecule has 0 fully saturated rings. The number of rotatable bonds is 3. The minimum Gasteiger partial charge on any atom is -0.497 e. The fourth-order valence-corrected chi connectivity index (χ4v) is 1.93. The van der Waals surface area contributed by atoms with Crippen LogP contribution in [0.2, 0.25) is 0 Å². The van der Waals surface area contributed by atoms with E-state index in [4.69, 9.17) is 4.74 Å². The molecule has 0 aliphatic carbocycles. The van der Waals surface area contributed by atoms with Gasteiger partial charge in [0.05, 0.1) is 12.7 Å². The maximum atomic E-state index is 12.8. The van der Waals surface area contributed by atoms with Crippen LogP contribution in [0.4, 0.5) is 13.2 Å². The number of carbonyl (C=O) groups is 1. The van der Waals surface area contributed by atoms with Crippen molar-refractivity contribution in [1.82, 2.24) is 0 Å². The van der Waals surface area contributed by atoms with E-state index in [9.17, 15) is 18.0 Å². The van der Waals surface area contributed by atoms with Crippen molar-refractivity contribution >= 4 is 38.1 Å². The maximum Gasteiger partial charge on any atom is 0.416 e. The molecule has 0 radical (unpaired) electrons. The second-order valence-corrected chi connectivity index (χ2v) is 6.72. The highest BCUT2D eigenvalue weighted by Gasteiger charge is 2.39. The normalized spacial score (nSPS) is 12.4. The molecule has 0 spiro atoms. The lowest BCUT2D eigenvalue weighted by Gasteiger charge is -2.20. The molecule has 0 N–H and O–H groups in total. The van der Waals surface area contributed by atoms with Gasteiger partial charge in [0, 0.05) is 0 Å². The minimum absolute atomic E-state index is 0.0720. The Bertz CT molecular complexity index is 430. The third-order valence-corrected chi connectivity index (χ3v) is 3.27. The zero-order valence-electron chi connectivity index (χ0n) is 8.52. The monoisotopic (exact) mass is 374 g/mol. The lowest BCUT2D eigenvalue weighted by Crippen LogP contribution is -2.18. The van der Waals surface area contributed by atoms with Crippen LogP contribution in [0.1, 0.15) is 11.1 Å². The molecule has 0 unspecified atom stereocenters. The van der Waals surface area contributed by atoms with Crippen LogP contribution in [-0.2, 0) is 14.2 Å². The summed E-state index contributed by atoms with van der Waals surface area (Å²) in [6, 6.07) is 3.38. The molecule has 0 saturated heterocycles. The van der Waals surface area contributed by atoms with Crippen molar-refractivity contribution in [3.8, 4) is 5.75 Å². The highest BCUT2D eigenvalue weighted by Crippen LogP contribution is 2.44. The number of hydrogen-bond acceptors (Lipinski definition) is 2. The summed E-state index contributed by atoms with van der Waals surface area (Å²) in [6.45, 7) is 0. The summed E-state index contributed by atoms with van der Waals surface area (Å²) in [5.41, 5.74) is -1.15. The number of ether oxygens (including phenoxy) is 1. The first-order valence-corrected chi connectivity index (χ1v) is 5.91. The van der Waals surface area contributed by atoms with E-state index >= 15 is 0 Å².